The molecule has 1 aliphatic carbocycles. The van der Waals surface area contributed by atoms with Crippen molar-refractivity contribution in [3.05, 3.63) is 36.0 Å². The van der Waals surface area contributed by atoms with E-state index in [1.807, 2.05) is 18.1 Å². The Morgan fingerprint density at radius 1 is 1.35 bits per heavy atom. The first kappa shape index (κ1) is 14.5. The largest absolute Gasteiger partial charge is 0.464 e. The van der Waals surface area contributed by atoms with Crippen LogP contribution in [0.3, 0.4) is 0 Å². The van der Waals surface area contributed by atoms with Gasteiger partial charge in [-0.1, -0.05) is 6.92 Å². The molecule has 0 unspecified atom stereocenters. The Kier molecular flexibility index (Phi) is 3.49. The summed E-state index contributed by atoms with van der Waals surface area (Å²) in [6.07, 6.45) is 4.85. The fourth-order valence-corrected chi connectivity index (χ4v) is 3.30. The highest BCUT2D eigenvalue weighted by molar-refractivity contribution is 5.95. The molecule has 6 heteroatoms. The van der Waals surface area contributed by atoms with Crippen LogP contribution in [0.5, 0.6) is 0 Å². The predicted octanol–water partition coefficient (Wildman–Crippen LogP) is 1.99. The van der Waals surface area contributed by atoms with E-state index in [1.165, 1.54) is 6.42 Å². The van der Waals surface area contributed by atoms with E-state index >= 15 is 0 Å². The number of rotatable bonds is 4. The van der Waals surface area contributed by atoms with Crippen LogP contribution in [0.25, 0.3) is 0 Å². The van der Waals surface area contributed by atoms with Gasteiger partial charge in [-0.05, 0) is 24.5 Å². The molecule has 1 saturated carbocycles. The summed E-state index contributed by atoms with van der Waals surface area (Å²) in [4.78, 5) is 16.3. The van der Waals surface area contributed by atoms with Crippen molar-refractivity contribution in [3.8, 4) is 0 Å². The molecular formula is C17H22N4O2. The maximum absolute atomic E-state index is 12.4. The van der Waals surface area contributed by atoms with Crippen LogP contribution in [-0.2, 0) is 18.4 Å². The molecule has 1 aliphatic heterocycles. The standard InChI is InChI=1S/C17H22N4O2/c1-12-7-15(12)16-4-3-14(23-16)10-20-5-6-21(17(22)11-20)13-8-18-19(2)9-13/h3-4,8-9,12,15H,5-7,10-11H2,1-2H3/t12-,15-/m1/s1. The van der Waals surface area contributed by atoms with Gasteiger partial charge in [-0.2, -0.15) is 5.10 Å². The van der Waals surface area contributed by atoms with Gasteiger partial charge in [0.2, 0.25) is 5.91 Å². The Hall–Kier alpha value is -2.08. The third-order valence-corrected chi connectivity index (χ3v) is 4.84. The van der Waals surface area contributed by atoms with Crippen LogP contribution in [0.4, 0.5) is 5.69 Å². The molecule has 1 saturated heterocycles. The Labute approximate surface area is 135 Å². The second-order valence-electron chi connectivity index (χ2n) is 6.75. The number of carbonyl (C=O) groups is 1. The van der Waals surface area contributed by atoms with Crippen molar-refractivity contribution < 1.29 is 9.21 Å². The molecule has 3 heterocycles. The smallest absolute Gasteiger partial charge is 0.241 e. The lowest BCUT2D eigenvalue weighted by Gasteiger charge is -2.33. The fourth-order valence-electron chi connectivity index (χ4n) is 3.30. The summed E-state index contributed by atoms with van der Waals surface area (Å²) in [7, 11) is 1.86. The number of piperazine rings is 1. The molecule has 1 amide bonds. The van der Waals surface area contributed by atoms with Crippen LogP contribution in [0, 0.1) is 5.92 Å². The lowest BCUT2D eigenvalue weighted by molar-refractivity contribution is -0.121. The Balaban J connectivity index is 1.37. The zero-order valence-corrected chi connectivity index (χ0v) is 13.6. The molecule has 2 aromatic heterocycles. The van der Waals surface area contributed by atoms with Crippen molar-refractivity contribution in [2.24, 2.45) is 13.0 Å². The van der Waals surface area contributed by atoms with Gasteiger partial charge in [0.05, 0.1) is 25.0 Å². The van der Waals surface area contributed by atoms with Crippen LogP contribution in [-0.4, -0.2) is 40.2 Å². The van der Waals surface area contributed by atoms with Gasteiger partial charge >= 0.3 is 0 Å². The molecule has 2 aliphatic rings. The number of hydrogen-bond acceptors (Lipinski definition) is 4. The summed E-state index contributed by atoms with van der Waals surface area (Å²) in [6, 6.07) is 4.15. The van der Waals surface area contributed by atoms with Crippen molar-refractivity contribution in [2.75, 3.05) is 24.5 Å². The van der Waals surface area contributed by atoms with E-state index in [-0.39, 0.29) is 5.91 Å². The first-order chi connectivity index (χ1) is 11.1. The number of carbonyl (C=O) groups excluding carboxylic acids is 1. The highest BCUT2D eigenvalue weighted by atomic mass is 16.3. The molecule has 0 spiro atoms. The highest BCUT2D eigenvalue weighted by Crippen LogP contribution is 2.47. The Morgan fingerprint density at radius 2 is 2.17 bits per heavy atom. The maximum Gasteiger partial charge on any atom is 0.241 e. The predicted molar refractivity (Wildman–Crippen MR) is 86.1 cm³/mol. The summed E-state index contributed by atoms with van der Waals surface area (Å²) in [5, 5.41) is 4.14. The minimum absolute atomic E-state index is 0.117. The van der Waals surface area contributed by atoms with Crippen LogP contribution in [0.1, 0.15) is 30.8 Å². The van der Waals surface area contributed by atoms with Gasteiger partial charge in [-0.3, -0.25) is 14.4 Å². The lowest BCUT2D eigenvalue weighted by Crippen LogP contribution is -2.50. The van der Waals surface area contributed by atoms with Gasteiger partial charge in [0.15, 0.2) is 0 Å². The highest BCUT2D eigenvalue weighted by Gasteiger charge is 2.36. The number of anilines is 1. The van der Waals surface area contributed by atoms with Crippen molar-refractivity contribution in [1.29, 1.82) is 0 Å². The quantitative estimate of drug-likeness (QED) is 0.866. The van der Waals surface area contributed by atoms with Gasteiger partial charge in [0.25, 0.3) is 0 Å². The van der Waals surface area contributed by atoms with E-state index in [1.54, 1.807) is 10.9 Å². The minimum atomic E-state index is 0.117. The second-order valence-corrected chi connectivity index (χ2v) is 6.75. The first-order valence-electron chi connectivity index (χ1n) is 8.20. The Bertz CT molecular complexity index is 720. The van der Waals surface area contributed by atoms with E-state index in [4.69, 9.17) is 4.42 Å². The number of amides is 1. The van der Waals surface area contributed by atoms with Gasteiger partial charge in [0.1, 0.15) is 11.5 Å². The second kappa shape index (κ2) is 5.53. The van der Waals surface area contributed by atoms with E-state index in [0.29, 0.717) is 25.6 Å². The van der Waals surface area contributed by atoms with Crippen molar-refractivity contribution in [3.63, 3.8) is 0 Å². The van der Waals surface area contributed by atoms with Gasteiger partial charge in [-0.25, -0.2) is 0 Å². The topological polar surface area (TPSA) is 54.5 Å². The normalized spacial score (nSPS) is 25.1. The van der Waals surface area contributed by atoms with Crippen LogP contribution < -0.4 is 4.90 Å². The molecule has 6 nitrogen and oxygen atoms in total. The number of hydrogen-bond donors (Lipinski definition) is 0. The first-order valence-corrected chi connectivity index (χ1v) is 8.20. The van der Waals surface area contributed by atoms with E-state index in [9.17, 15) is 4.79 Å². The number of aryl methyl sites for hydroxylation is 1. The third-order valence-electron chi connectivity index (χ3n) is 4.84. The number of nitrogens with zero attached hydrogens (tertiary/aromatic N) is 4. The van der Waals surface area contributed by atoms with Crippen LogP contribution in [0.2, 0.25) is 0 Å². The van der Waals surface area contributed by atoms with Gasteiger partial charge < -0.3 is 9.32 Å². The third kappa shape index (κ3) is 2.91. The fraction of sp³-hybridized carbons (Fsp3) is 0.529. The molecule has 2 atom stereocenters. The molecule has 23 heavy (non-hydrogen) atoms. The van der Waals surface area contributed by atoms with E-state index in [2.05, 4.69) is 29.1 Å². The molecular weight excluding hydrogens is 292 g/mol. The molecule has 4 rings (SSSR count). The van der Waals surface area contributed by atoms with Crippen LogP contribution >= 0.6 is 0 Å². The van der Waals surface area contributed by atoms with Crippen LogP contribution in [0.15, 0.2) is 28.9 Å². The molecule has 2 aromatic rings. The molecule has 0 radical (unpaired) electrons. The summed E-state index contributed by atoms with van der Waals surface area (Å²) in [5.74, 6) is 3.54. The summed E-state index contributed by atoms with van der Waals surface area (Å²) in [6.45, 7) is 4.91. The summed E-state index contributed by atoms with van der Waals surface area (Å²) < 4.78 is 7.67. The molecule has 2 fully saturated rings. The van der Waals surface area contributed by atoms with Crippen molar-refractivity contribution in [2.45, 2.75) is 25.8 Å². The molecule has 122 valence electrons. The van der Waals surface area contributed by atoms with E-state index in [0.717, 1.165) is 29.7 Å². The van der Waals surface area contributed by atoms with E-state index < -0.39 is 0 Å². The average Bonchev–Trinajstić information content (AvgIpc) is 2.90. The lowest BCUT2D eigenvalue weighted by atomic mass is 10.2. The number of aromatic nitrogens is 2. The maximum atomic E-state index is 12.4. The molecule has 0 aromatic carbocycles. The Morgan fingerprint density at radius 3 is 2.83 bits per heavy atom. The molecule has 0 N–H and O–H groups in total. The summed E-state index contributed by atoms with van der Waals surface area (Å²) in [5.41, 5.74) is 0.875. The zero-order valence-electron chi connectivity index (χ0n) is 13.6. The van der Waals surface area contributed by atoms with Crippen molar-refractivity contribution in [1.82, 2.24) is 14.7 Å². The average molecular weight is 314 g/mol. The van der Waals surface area contributed by atoms with Crippen molar-refractivity contribution >= 4 is 11.6 Å². The SMILES string of the molecule is C[C@@H]1C[C@H]1c1ccc(CN2CCN(c3cnn(C)c3)C(=O)C2)o1. The molecule has 0 bridgehead atoms. The zero-order chi connectivity index (χ0) is 16.0. The monoisotopic (exact) mass is 314 g/mol. The van der Waals surface area contributed by atoms with Gasteiger partial charge in [0, 0.05) is 32.3 Å². The van der Waals surface area contributed by atoms with Gasteiger partial charge in [-0.15, -0.1) is 0 Å². The number of furan rings is 1. The summed E-state index contributed by atoms with van der Waals surface area (Å²) >= 11 is 0. The minimum Gasteiger partial charge on any atom is -0.464 e.